The summed E-state index contributed by atoms with van der Waals surface area (Å²) in [6, 6.07) is 8.68. The number of thiophene rings is 1. The Morgan fingerprint density at radius 1 is 1.45 bits per heavy atom. The molecule has 8 heteroatoms. The van der Waals surface area contributed by atoms with Crippen LogP contribution in [0.1, 0.15) is 4.88 Å². The predicted molar refractivity (Wildman–Crippen MR) is 82.3 cm³/mol. The zero-order valence-electron chi connectivity index (χ0n) is 10.7. The monoisotopic (exact) mass is 312 g/mol. The highest BCUT2D eigenvalue weighted by Gasteiger charge is 2.22. The molecule has 1 heterocycles. The van der Waals surface area contributed by atoms with Crippen molar-refractivity contribution in [1.29, 1.82) is 0 Å². The number of nitrogens with one attached hydrogen (secondary N) is 1. The maximum atomic E-state index is 11.2. The second-order valence-electron chi connectivity index (χ2n) is 4.14. The Morgan fingerprint density at radius 2 is 2.20 bits per heavy atom. The number of nitro benzene ring substituents is 1. The van der Waals surface area contributed by atoms with E-state index in [4.69, 9.17) is 17.4 Å². The number of benzene rings is 1. The number of nitro groups is 1. The van der Waals surface area contributed by atoms with Gasteiger partial charge in [-0.1, -0.05) is 17.7 Å². The van der Waals surface area contributed by atoms with E-state index in [2.05, 4.69) is 5.43 Å². The first-order valence-corrected chi connectivity index (χ1v) is 6.91. The van der Waals surface area contributed by atoms with Gasteiger partial charge in [-0.25, -0.2) is 0 Å². The van der Waals surface area contributed by atoms with Crippen LogP contribution in [0.3, 0.4) is 0 Å². The highest BCUT2D eigenvalue weighted by molar-refractivity contribution is 7.16. The average Bonchev–Trinajstić information content (AvgIpc) is 2.82. The van der Waals surface area contributed by atoms with E-state index in [1.54, 1.807) is 30.1 Å². The number of nitrogens with zero attached hydrogens (tertiary/aromatic N) is 2. The maximum Gasteiger partial charge on any atom is 0.316 e. The third-order valence-corrected chi connectivity index (χ3v) is 4.00. The van der Waals surface area contributed by atoms with Crippen LogP contribution in [0, 0.1) is 10.1 Å². The molecule has 0 aliphatic heterocycles. The normalized spacial score (nSPS) is 10.3. The predicted octanol–water partition coefficient (Wildman–Crippen LogP) is 3.23. The van der Waals surface area contributed by atoms with Crippen LogP contribution in [0.25, 0.3) is 0 Å². The van der Waals surface area contributed by atoms with Gasteiger partial charge in [-0.3, -0.25) is 16.0 Å². The third kappa shape index (κ3) is 3.01. The molecule has 0 unspecified atom stereocenters. The fourth-order valence-electron chi connectivity index (χ4n) is 1.90. The average molecular weight is 313 g/mol. The van der Waals surface area contributed by atoms with E-state index in [0.717, 1.165) is 4.88 Å². The molecule has 0 aliphatic carbocycles. The van der Waals surface area contributed by atoms with Crippen molar-refractivity contribution >= 4 is 40.0 Å². The van der Waals surface area contributed by atoms with E-state index in [1.165, 1.54) is 11.3 Å². The minimum atomic E-state index is -0.442. The summed E-state index contributed by atoms with van der Waals surface area (Å²) in [4.78, 5) is 13.6. The van der Waals surface area contributed by atoms with Crippen molar-refractivity contribution in [2.24, 2.45) is 5.84 Å². The summed E-state index contributed by atoms with van der Waals surface area (Å²) in [5.41, 5.74) is 3.09. The summed E-state index contributed by atoms with van der Waals surface area (Å²) in [6.07, 6.45) is 0. The molecule has 106 valence electrons. The Labute approximate surface area is 124 Å². The summed E-state index contributed by atoms with van der Waals surface area (Å²) in [6.45, 7) is 0.534. The molecular formula is C12H13ClN4O2S. The largest absolute Gasteiger partial charge is 0.364 e. The van der Waals surface area contributed by atoms with Gasteiger partial charge in [0, 0.05) is 11.9 Å². The number of halogens is 1. The van der Waals surface area contributed by atoms with Gasteiger partial charge in [-0.2, -0.15) is 0 Å². The molecule has 1 aromatic heterocycles. The summed E-state index contributed by atoms with van der Waals surface area (Å²) < 4.78 is 0.695. The number of hydrogen-bond acceptors (Lipinski definition) is 6. The fraction of sp³-hybridized carbons (Fsp3) is 0.167. The molecule has 0 aliphatic rings. The zero-order valence-corrected chi connectivity index (χ0v) is 12.2. The number of nitrogen functional groups attached to an aromatic ring is 1. The van der Waals surface area contributed by atoms with Gasteiger partial charge in [0.05, 0.1) is 15.8 Å². The van der Waals surface area contributed by atoms with Gasteiger partial charge >= 0.3 is 5.69 Å². The number of hydrogen-bond donors (Lipinski definition) is 2. The number of para-hydroxylation sites is 1. The Kier molecular flexibility index (Phi) is 4.43. The smallest absolute Gasteiger partial charge is 0.316 e. The Balaban J connectivity index is 2.34. The van der Waals surface area contributed by atoms with Crippen molar-refractivity contribution in [2.45, 2.75) is 6.54 Å². The van der Waals surface area contributed by atoms with Crippen molar-refractivity contribution in [1.82, 2.24) is 0 Å². The lowest BCUT2D eigenvalue weighted by Crippen LogP contribution is -2.18. The zero-order chi connectivity index (χ0) is 14.7. The summed E-state index contributed by atoms with van der Waals surface area (Å²) in [5.74, 6) is 5.33. The van der Waals surface area contributed by atoms with Crippen LogP contribution in [0.4, 0.5) is 17.1 Å². The van der Waals surface area contributed by atoms with E-state index < -0.39 is 4.92 Å². The van der Waals surface area contributed by atoms with Gasteiger partial charge < -0.3 is 10.3 Å². The number of nitrogens with two attached hydrogens (primary N) is 1. The minimum absolute atomic E-state index is 0.0415. The highest BCUT2D eigenvalue weighted by atomic mass is 35.5. The fourth-order valence-corrected chi connectivity index (χ4v) is 3.04. The van der Waals surface area contributed by atoms with E-state index in [0.29, 0.717) is 16.6 Å². The van der Waals surface area contributed by atoms with Gasteiger partial charge in [0.15, 0.2) is 0 Å². The molecule has 3 N–H and O–H groups in total. The molecule has 0 atom stereocenters. The Hall–Kier alpha value is -1.83. The van der Waals surface area contributed by atoms with Crippen molar-refractivity contribution in [3.63, 3.8) is 0 Å². The van der Waals surface area contributed by atoms with Gasteiger partial charge in [0.1, 0.15) is 11.4 Å². The lowest BCUT2D eigenvalue weighted by atomic mass is 10.2. The summed E-state index contributed by atoms with van der Waals surface area (Å²) in [7, 11) is 1.79. The number of rotatable bonds is 5. The summed E-state index contributed by atoms with van der Waals surface area (Å²) in [5, 5.41) is 11.2. The Morgan fingerprint density at radius 3 is 2.75 bits per heavy atom. The van der Waals surface area contributed by atoms with Crippen LogP contribution in [0.15, 0.2) is 30.3 Å². The topological polar surface area (TPSA) is 84.4 Å². The molecule has 2 aromatic rings. The van der Waals surface area contributed by atoms with Crippen LogP contribution >= 0.6 is 22.9 Å². The van der Waals surface area contributed by atoms with Crippen molar-refractivity contribution in [3.05, 3.63) is 49.7 Å². The number of anilines is 2. The van der Waals surface area contributed by atoms with Gasteiger partial charge in [-0.15, -0.1) is 11.3 Å². The van der Waals surface area contributed by atoms with Crippen LogP contribution in [0.5, 0.6) is 0 Å². The first-order chi connectivity index (χ1) is 9.52. The van der Waals surface area contributed by atoms with E-state index in [1.807, 2.05) is 12.1 Å². The molecule has 1 aromatic carbocycles. The third-order valence-electron chi connectivity index (χ3n) is 2.79. The molecule has 0 radical (unpaired) electrons. The van der Waals surface area contributed by atoms with Crippen LogP contribution in [-0.4, -0.2) is 12.0 Å². The quantitative estimate of drug-likeness (QED) is 0.503. The van der Waals surface area contributed by atoms with Gasteiger partial charge in [-0.05, 0) is 24.3 Å². The lowest BCUT2D eigenvalue weighted by molar-refractivity contribution is -0.383. The van der Waals surface area contributed by atoms with Gasteiger partial charge in [0.25, 0.3) is 0 Å². The molecule has 0 fully saturated rings. The number of hydrazine groups is 1. The van der Waals surface area contributed by atoms with Crippen molar-refractivity contribution < 1.29 is 4.92 Å². The first-order valence-electron chi connectivity index (χ1n) is 5.72. The van der Waals surface area contributed by atoms with Crippen LogP contribution < -0.4 is 16.2 Å². The minimum Gasteiger partial charge on any atom is -0.364 e. The molecule has 2 rings (SSSR count). The SMILES string of the molecule is CN(Cc1ccc(Cl)s1)c1cccc(NN)c1[N+](=O)[O-]. The standard InChI is InChI=1S/C12H13ClN4O2S/c1-16(7-8-5-6-11(13)20-8)10-4-2-3-9(15-14)12(10)17(18)19/h2-6,15H,7,14H2,1H3. The van der Waals surface area contributed by atoms with Gasteiger partial charge in [0.2, 0.25) is 0 Å². The lowest BCUT2D eigenvalue weighted by Gasteiger charge is -2.19. The molecular weight excluding hydrogens is 300 g/mol. The van der Waals surface area contributed by atoms with E-state index in [-0.39, 0.29) is 11.4 Å². The van der Waals surface area contributed by atoms with E-state index in [9.17, 15) is 10.1 Å². The molecule has 0 saturated carbocycles. The molecule has 20 heavy (non-hydrogen) atoms. The molecule has 0 amide bonds. The van der Waals surface area contributed by atoms with Crippen molar-refractivity contribution in [3.8, 4) is 0 Å². The maximum absolute atomic E-state index is 11.2. The second kappa shape index (κ2) is 6.08. The summed E-state index contributed by atoms with van der Waals surface area (Å²) >= 11 is 7.33. The Bertz CT molecular complexity index is 632. The molecule has 0 spiro atoms. The molecule has 6 nitrogen and oxygen atoms in total. The molecule has 0 saturated heterocycles. The van der Waals surface area contributed by atoms with Crippen molar-refractivity contribution in [2.75, 3.05) is 17.4 Å². The van der Waals surface area contributed by atoms with Crippen LogP contribution in [0.2, 0.25) is 4.34 Å². The van der Waals surface area contributed by atoms with E-state index >= 15 is 0 Å². The molecule has 0 bridgehead atoms. The second-order valence-corrected chi connectivity index (χ2v) is 5.94. The van der Waals surface area contributed by atoms with Crippen LogP contribution in [-0.2, 0) is 6.54 Å². The highest BCUT2D eigenvalue weighted by Crippen LogP contribution is 2.35. The first kappa shape index (κ1) is 14.6.